The van der Waals surface area contributed by atoms with Crippen LogP contribution in [0, 0.1) is 11.7 Å². The summed E-state index contributed by atoms with van der Waals surface area (Å²) in [6.45, 7) is 0. The van der Waals surface area contributed by atoms with Crippen LogP contribution in [0.15, 0.2) is 24.3 Å². The Hall–Kier alpha value is -1.22. The molecule has 0 radical (unpaired) electrons. The maximum Gasteiger partial charge on any atom is 0.179 e. The van der Waals surface area contributed by atoms with E-state index in [4.69, 9.17) is 5.73 Å². The Balaban J connectivity index is 2.08. The largest absolute Gasteiger partial charge is 0.321 e. The number of rotatable bonds is 3. The van der Waals surface area contributed by atoms with Gasteiger partial charge in [-0.15, -0.1) is 0 Å². The van der Waals surface area contributed by atoms with Crippen molar-refractivity contribution in [1.29, 1.82) is 0 Å². The summed E-state index contributed by atoms with van der Waals surface area (Å²) in [5, 5.41) is 0. The zero-order chi connectivity index (χ0) is 11.5. The zero-order valence-corrected chi connectivity index (χ0v) is 9.16. The maximum atomic E-state index is 12.7. The van der Waals surface area contributed by atoms with E-state index < -0.39 is 6.04 Å². The first-order chi connectivity index (χ1) is 7.68. The van der Waals surface area contributed by atoms with Crippen molar-refractivity contribution in [2.45, 2.75) is 31.7 Å². The monoisotopic (exact) mass is 221 g/mol. The molecule has 2 N–H and O–H groups in total. The van der Waals surface area contributed by atoms with Crippen LogP contribution in [0.1, 0.15) is 36.0 Å². The minimum Gasteiger partial charge on any atom is -0.321 e. The number of hydrogen-bond donors (Lipinski definition) is 1. The summed E-state index contributed by atoms with van der Waals surface area (Å²) in [6.07, 6.45) is 4.40. The molecule has 1 aliphatic rings. The van der Waals surface area contributed by atoms with Crippen molar-refractivity contribution in [3.8, 4) is 0 Å². The van der Waals surface area contributed by atoms with E-state index in [-0.39, 0.29) is 11.6 Å². The van der Waals surface area contributed by atoms with Crippen LogP contribution in [-0.2, 0) is 0 Å². The third kappa shape index (κ3) is 2.30. The molecule has 1 unspecified atom stereocenters. The van der Waals surface area contributed by atoms with Crippen molar-refractivity contribution in [2.24, 2.45) is 11.7 Å². The number of Topliss-reactive ketones (excluding diaryl/α,β-unsaturated/α-hetero) is 1. The SMILES string of the molecule is NC(C(=O)c1ccc(F)cc1)C1CCCC1. The number of benzene rings is 1. The van der Waals surface area contributed by atoms with Crippen molar-refractivity contribution in [3.63, 3.8) is 0 Å². The van der Waals surface area contributed by atoms with Gasteiger partial charge in [0.1, 0.15) is 5.82 Å². The summed E-state index contributed by atoms with van der Waals surface area (Å²) in [5.41, 5.74) is 6.46. The standard InChI is InChI=1S/C13H16FNO/c14-11-7-5-10(6-8-11)13(16)12(15)9-3-1-2-4-9/h5-9,12H,1-4,15H2. The minimum atomic E-state index is -0.423. The van der Waals surface area contributed by atoms with Gasteiger partial charge in [0.05, 0.1) is 6.04 Å². The Kier molecular flexibility index (Phi) is 3.34. The van der Waals surface area contributed by atoms with E-state index in [1.165, 1.54) is 24.3 Å². The van der Waals surface area contributed by atoms with E-state index in [1.54, 1.807) is 0 Å². The molecule has 1 aliphatic carbocycles. The summed E-state index contributed by atoms with van der Waals surface area (Å²) in [4.78, 5) is 12.0. The number of hydrogen-bond acceptors (Lipinski definition) is 2. The molecule has 1 aromatic rings. The third-order valence-corrected chi connectivity index (χ3v) is 3.34. The van der Waals surface area contributed by atoms with Crippen LogP contribution < -0.4 is 5.73 Å². The van der Waals surface area contributed by atoms with Gasteiger partial charge in [-0.1, -0.05) is 12.8 Å². The highest BCUT2D eigenvalue weighted by molar-refractivity contribution is 6.00. The zero-order valence-electron chi connectivity index (χ0n) is 9.16. The average Bonchev–Trinajstić information content (AvgIpc) is 2.81. The number of halogens is 1. The summed E-state index contributed by atoms with van der Waals surface area (Å²) >= 11 is 0. The lowest BCUT2D eigenvalue weighted by molar-refractivity contribution is 0.0933. The fourth-order valence-electron chi connectivity index (χ4n) is 2.34. The molecule has 0 heterocycles. The van der Waals surface area contributed by atoms with E-state index in [1.807, 2.05) is 0 Å². The average molecular weight is 221 g/mol. The molecule has 0 bridgehead atoms. The summed E-state index contributed by atoms with van der Waals surface area (Å²) in [5.74, 6) is -0.0876. The molecule has 0 aromatic heterocycles. The lowest BCUT2D eigenvalue weighted by atomic mass is 9.92. The number of nitrogens with two attached hydrogens (primary N) is 1. The molecule has 0 amide bonds. The highest BCUT2D eigenvalue weighted by Gasteiger charge is 2.27. The van der Waals surface area contributed by atoms with E-state index in [0.29, 0.717) is 11.5 Å². The Morgan fingerprint density at radius 2 is 1.81 bits per heavy atom. The van der Waals surface area contributed by atoms with E-state index in [9.17, 15) is 9.18 Å². The van der Waals surface area contributed by atoms with Crippen LogP contribution in [-0.4, -0.2) is 11.8 Å². The summed E-state index contributed by atoms with van der Waals surface area (Å²) in [6, 6.07) is 5.19. The summed E-state index contributed by atoms with van der Waals surface area (Å²) in [7, 11) is 0. The van der Waals surface area contributed by atoms with Crippen LogP contribution in [0.2, 0.25) is 0 Å². The van der Waals surface area contributed by atoms with Gasteiger partial charge in [0.2, 0.25) is 0 Å². The van der Waals surface area contributed by atoms with Crippen LogP contribution in [0.5, 0.6) is 0 Å². The van der Waals surface area contributed by atoms with Crippen LogP contribution in [0.4, 0.5) is 4.39 Å². The molecule has 2 rings (SSSR count). The fraction of sp³-hybridized carbons (Fsp3) is 0.462. The van der Waals surface area contributed by atoms with Crippen LogP contribution >= 0.6 is 0 Å². The molecule has 86 valence electrons. The van der Waals surface area contributed by atoms with Crippen LogP contribution in [0.3, 0.4) is 0 Å². The quantitative estimate of drug-likeness (QED) is 0.797. The van der Waals surface area contributed by atoms with Gasteiger partial charge in [-0.2, -0.15) is 0 Å². The number of ketones is 1. The molecule has 0 saturated heterocycles. The van der Waals surface area contributed by atoms with E-state index in [2.05, 4.69) is 0 Å². The topological polar surface area (TPSA) is 43.1 Å². The van der Waals surface area contributed by atoms with Gasteiger partial charge < -0.3 is 5.73 Å². The van der Waals surface area contributed by atoms with Gasteiger partial charge >= 0.3 is 0 Å². The Bertz CT molecular complexity index is 368. The molecule has 1 fully saturated rings. The molecule has 2 nitrogen and oxygen atoms in total. The Morgan fingerprint density at radius 3 is 2.38 bits per heavy atom. The van der Waals surface area contributed by atoms with Crippen molar-refractivity contribution in [3.05, 3.63) is 35.6 Å². The molecule has 1 saturated carbocycles. The maximum absolute atomic E-state index is 12.7. The predicted octanol–water partition coefficient (Wildman–Crippen LogP) is 2.53. The van der Waals surface area contributed by atoms with Gasteiger partial charge in [0.15, 0.2) is 5.78 Å². The second-order valence-corrected chi connectivity index (χ2v) is 4.44. The second kappa shape index (κ2) is 4.74. The lowest BCUT2D eigenvalue weighted by Crippen LogP contribution is -2.37. The molecule has 16 heavy (non-hydrogen) atoms. The van der Waals surface area contributed by atoms with Gasteiger partial charge in [0.25, 0.3) is 0 Å². The first kappa shape index (κ1) is 11.3. The first-order valence-electron chi connectivity index (χ1n) is 5.74. The van der Waals surface area contributed by atoms with Crippen molar-refractivity contribution in [1.82, 2.24) is 0 Å². The summed E-state index contributed by atoms with van der Waals surface area (Å²) < 4.78 is 12.7. The minimum absolute atomic E-state index is 0.0631. The fourth-order valence-corrected chi connectivity index (χ4v) is 2.34. The smallest absolute Gasteiger partial charge is 0.179 e. The van der Waals surface area contributed by atoms with E-state index in [0.717, 1.165) is 25.7 Å². The third-order valence-electron chi connectivity index (χ3n) is 3.34. The van der Waals surface area contributed by atoms with Crippen molar-refractivity contribution < 1.29 is 9.18 Å². The molecule has 1 atom stereocenters. The van der Waals surface area contributed by atoms with Gasteiger partial charge in [-0.3, -0.25) is 4.79 Å². The molecular weight excluding hydrogens is 205 g/mol. The highest BCUT2D eigenvalue weighted by Crippen LogP contribution is 2.28. The molecule has 0 aliphatic heterocycles. The van der Waals surface area contributed by atoms with Crippen molar-refractivity contribution in [2.75, 3.05) is 0 Å². The Labute approximate surface area is 94.6 Å². The van der Waals surface area contributed by atoms with Gasteiger partial charge in [-0.25, -0.2) is 4.39 Å². The normalized spacial score (nSPS) is 18.6. The predicted molar refractivity (Wildman–Crippen MR) is 60.7 cm³/mol. The highest BCUT2D eigenvalue weighted by atomic mass is 19.1. The van der Waals surface area contributed by atoms with Gasteiger partial charge in [-0.05, 0) is 43.0 Å². The number of carbonyl (C=O) groups is 1. The number of carbonyl (C=O) groups excluding carboxylic acids is 1. The first-order valence-corrected chi connectivity index (χ1v) is 5.74. The van der Waals surface area contributed by atoms with E-state index >= 15 is 0 Å². The molecule has 0 spiro atoms. The Morgan fingerprint density at radius 1 is 1.25 bits per heavy atom. The molecule has 3 heteroatoms. The second-order valence-electron chi connectivity index (χ2n) is 4.44. The lowest BCUT2D eigenvalue weighted by Gasteiger charge is -2.17. The van der Waals surface area contributed by atoms with Crippen molar-refractivity contribution >= 4 is 5.78 Å². The van der Waals surface area contributed by atoms with Gasteiger partial charge in [0, 0.05) is 5.56 Å². The molecular formula is C13H16FNO. The molecule has 1 aromatic carbocycles. The van der Waals surface area contributed by atoms with Crippen LogP contribution in [0.25, 0.3) is 0 Å².